The van der Waals surface area contributed by atoms with Gasteiger partial charge in [0.1, 0.15) is 0 Å². The van der Waals surface area contributed by atoms with E-state index in [1.807, 2.05) is 11.8 Å². The Kier molecular flexibility index (Phi) is 7.58. The number of rotatable bonds is 6. The van der Waals surface area contributed by atoms with Crippen LogP contribution in [0.2, 0.25) is 0 Å². The van der Waals surface area contributed by atoms with E-state index in [9.17, 15) is 0 Å². The molecule has 0 saturated heterocycles. The lowest BCUT2D eigenvalue weighted by Gasteiger charge is -2.08. The van der Waals surface area contributed by atoms with Crippen LogP contribution in [0.1, 0.15) is 13.3 Å². The van der Waals surface area contributed by atoms with Crippen molar-refractivity contribution in [3.8, 4) is 0 Å². The first-order chi connectivity index (χ1) is 4.81. The summed E-state index contributed by atoms with van der Waals surface area (Å²) in [6.45, 7) is 3.85. The van der Waals surface area contributed by atoms with Crippen molar-refractivity contribution in [1.29, 1.82) is 0 Å². The lowest BCUT2D eigenvalue weighted by Crippen LogP contribution is -2.07. The van der Waals surface area contributed by atoms with Gasteiger partial charge in [-0.1, -0.05) is 6.92 Å². The second-order valence-electron chi connectivity index (χ2n) is 2.25. The van der Waals surface area contributed by atoms with E-state index in [1.54, 1.807) is 7.11 Å². The van der Waals surface area contributed by atoms with E-state index < -0.39 is 0 Å². The third-order valence-electron chi connectivity index (χ3n) is 1.25. The molecule has 0 aliphatic rings. The maximum atomic E-state index is 5.35. The molecule has 62 valence electrons. The van der Waals surface area contributed by atoms with E-state index in [4.69, 9.17) is 10.5 Å². The van der Waals surface area contributed by atoms with Gasteiger partial charge in [-0.05, 0) is 6.42 Å². The van der Waals surface area contributed by atoms with Gasteiger partial charge in [-0.25, -0.2) is 0 Å². The molecule has 10 heavy (non-hydrogen) atoms. The molecule has 3 heteroatoms. The number of nitrogens with two attached hydrogens (primary N) is 1. The first-order valence-electron chi connectivity index (χ1n) is 3.62. The highest BCUT2D eigenvalue weighted by Gasteiger charge is 1.99. The zero-order valence-electron chi connectivity index (χ0n) is 6.80. The second-order valence-corrected chi connectivity index (χ2v) is 3.80. The number of ether oxygens (including phenoxy) is 1. The van der Waals surface area contributed by atoms with Crippen LogP contribution in [0.3, 0.4) is 0 Å². The van der Waals surface area contributed by atoms with E-state index in [0.29, 0.717) is 5.25 Å². The molecule has 0 radical (unpaired) electrons. The Morgan fingerprint density at radius 3 is 2.80 bits per heavy atom. The highest BCUT2D eigenvalue weighted by molar-refractivity contribution is 7.99. The lowest BCUT2D eigenvalue weighted by atomic mass is 10.3. The zero-order chi connectivity index (χ0) is 7.82. The molecule has 0 aliphatic carbocycles. The predicted octanol–water partition coefficient (Wildman–Crippen LogP) is 1.10. The molecule has 0 amide bonds. The first kappa shape index (κ1) is 10.3. The summed E-state index contributed by atoms with van der Waals surface area (Å²) >= 11 is 1.91. The van der Waals surface area contributed by atoms with Crippen LogP contribution < -0.4 is 5.73 Å². The maximum Gasteiger partial charge on any atom is 0.0472 e. The molecule has 0 aromatic heterocycles. The van der Waals surface area contributed by atoms with E-state index in [0.717, 1.165) is 25.3 Å². The summed E-state index contributed by atoms with van der Waals surface area (Å²) in [5.74, 6) is 1.06. The van der Waals surface area contributed by atoms with Crippen LogP contribution in [0.25, 0.3) is 0 Å². The van der Waals surface area contributed by atoms with Crippen molar-refractivity contribution in [3.05, 3.63) is 0 Å². The summed E-state index contributed by atoms with van der Waals surface area (Å²) in [7, 11) is 1.74. The number of hydrogen-bond acceptors (Lipinski definition) is 3. The molecule has 0 heterocycles. The number of thioether (sulfide) groups is 1. The van der Waals surface area contributed by atoms with Gasteiger partial charge in [0.25, 0.3) is 0 Å². The lowest BCUT2D eigenvalue weighted by molar-refractivity contribution is 0.195. The summed E-state index contributed by atoms with van der Waals surface area (Å²) in [5, 5.41) is 0.684. The maximum absolute atomic E-state index is 5.35. The molecular formula is C7H17NOS. The highest BCUT2D eigenvalue weighted by atomic mass is 32.2. The normalized spacial score (nSPS) is 13.5. The quantitative estimate of drug-likeness (QED) is 0.637. The minimum Gasteiger partial charge on any atom is -0.385 e. The van der Waals surface area contributed by atoms with E-state index >= 15 is 0 Å². The second kappa shape index (κ2) is 7.38. The summed E-state index contributed by atoms with van der Waals surface area (Å²) in [5.41, 5.74) is 5.35. The van der Waals surface area contributed by atoms with Gasteiger partial charge in [-0.2, -0.15) is 11.8 Å². The van der Waals surface area contributed by atoms with Crippen LogP contribution in [0.5, 0.6) is 0 Å². The molecular weight excluding hydrogens is 146 g/mol. The van der Waals surface area contributed by atoms with Crippen LogP contribution in [0, 0.1) is 0 Å². The fourth-order valence-corrected chi connectivity index (χ4v) is 1.44. The topological polar surface area (TPSA) is 35.2 Å². The molecule has 2 N–H and O–H groups in total. The van der Waals surface area contributed by atoms with Crippen molar-refractivity contribution < 1.29 is 4.74 Å². The van der Waals surface area contributed by atoms with Crippen molar-refractivity contribution in [2.45, 2.75) is 18.6 Å². The average molecular weight is 163 g/mol. The molecule has 0 saturated carbocycles. The Balaban J connectivity index is 3.00. The zero-order valence-corrected chi connectivity index (χ0v) is 7.62. The SMILES string of the molecule is COCCC(C)SCCN. The van der Waals surface area contributed by atoms with Gasteiger partial charge in [-0.3, -0.25) is 0 Å². The van der Waals surface area contributed by atoms with Gasteiger partial charge >= 0.3 is 0 Å². The Morgan fingerprint density at radius 2 is 2.30 bits per heavy atom. The van der Waals surface area contributed by atoms with Gasteiger partial charge in [0.05, 0.1) is 0 Å². The van der Waals surface area contributed by atoms with Crippen molar-refractivity contribution in [2.24, 2.45) is 5.73 Å². The van der Waals surface area contributed by atoms with Gasteiger partial charge in [0, 0.05) is 31.3 Å². The Hall–Kier alpha value is 0.270. The number of hydrogen-bond donors (Lipinski definition) is 1. The van der Waals surface area contributed by atoms with Crippen LogP contribution in [-0.2, 0) is 4.74 Å². The van der Waals surface area contributed by atoms with E-state index in [2.05, 4.69) is 6.92 Å². The third kappa shape index (κ3) is 6.39. The molecule has 0 aromatic rings. The first-order valence-corrected chi connectivity index (χ1v) is 4.66. The van der Waals surface area contributed by atoms with Gasteiger partial charge in [0.2, 0.25) is 0 Å². The van der Waals surface area contributed by atoms with Crippen LogP contribution in [0.4, 0.5) is 0 Å². The van der Waals surface area contributed by atoms with Crippen molar-refractivity contribution in [1.82, 2.24) is 0 Å². The van der Waals surface area contributed by atoms with Crippen molar-refractivity contribution >= 4 is 11.8 Å². The van der Waals surface area contributed by atoms with Crippen molar-refractivity contribution in [2.75, 3.05) is 26.0 Å². The molecule has 0 aliphatic heterocycles. The standard InChI is InChI=1S/C7H17NOS/c1-7(3-5-9-2)10-6-4-8/h7H,3-6,8H2,1-2H3. The Morgan fingerprint density at radius 1 is 1.60 bits per heavy atom. The highest BCUT2D eigenvalue weighted by Crippen LogP contribution is 2.12. The van der Waals surface area contributed by atoms with Crippen LogP contribution in [-0.4, -0.2) is 31.3 Å². The van der Waals surface area contributed by atoms with Crippen LogP contribution in [0.15, 0.2) is 0 Å². The monoisotopic (exact) mass is 163 g/mol. The Labute approximate surface area is 67.5 Å². The molecule has 0 aromatic carbocycles. The summed E-state index contributed by atoms with van der Waals surface area (Å²) in [6.07, 6.45) is 1.13. The van der Waals surface area contributed by atoms with Crippen LogP contribution >= 0.6 is 11.8 Å². The Bertz CT molecular complexity index is 62.6. The minimum atomic E-state index is 0.684. The summed E-state index contributed by atoms with van der Waals surface area (Å²) in [4.78, 5) is 0. The number of methoxy groups -OCH3 is 1. The fraction of sp³-hybridized carbons (Fsp3) is 1.00. The molecule has 0 spiro atoms. The van der Waals surface area contributed by atoms with Gasteiger partial charge < -0.3 is 10.5 Å². The van der Waals surface area contributed by atoms with E-state index in [1.165, 1.54) is 0 Å². The molecule has 0 bridgehead atoms. The third-order valence-corrected chi connectivity index (χ3v) is 2.52. The molecule has 0 fully saturated rings. The molecule has 2 nitrogen and oxygen atoms in total. The van der Waals surface area contributed by atoms with Gasteiger partial charge in [-0.15, -0.1) is 0 Å². The smallest absolute Gasteiger partial charge is 0.0472 e. The average Bonchev–Trinajstić information content (AvgIpc) is 1.97. The largest absolute Gasteiger partial charge is 0.385 e. The fourth-order valence-electron chi connectivity index (χ4n) is 0.636. The molecule has 0 rings (SSSR count). The predicted molar refractivity (Wildman–Crippen MR) is 47.5 cm³/mol. The van der Waals surface area contributed by atoms with Gasteiger partial charge in [0.15, 0.2) is 0 Å². The molecule has 1 atom stereocenters. The van der Waals surface area contributed by atoms with Crippen molar-refractivity contribution in [3.63, 3.8) is 0 Å². The minimum absolute atomic E-state index is 0.684. The summed E-state index contributed by atoms with van der Waals surface area (Å²) in [6, 6.07) is 0. The summed E-state index contributed by atoms with van der Waals surface area (Å²) < 4.78 is 4.95. The molecule has 1 unspecified atom stereocenters. The van der Waals surface area contributed by atoms with E-state index in [-0.39, 0.29) is 0 Å².